The minimum Gasteiger partial charge on any atom is -0.378 e. The average molecular weight is 317 g/mol. The molecule has 0 radical (unpaired) electrons. The maximum absolute atomic E-state index is 12.3. The molecule has 0 aliphatic carbocycles. The lowest BCUT2D eigenvalue weighted by molar-refractivity contribution is -0.129. The van der Waals surface area contributed by atoms with Crippen molar-refractivity contribution in [2.75, 3.05) is 32.8 Å². The molecule has 3 rings (SSSR count). The molecule has 3 amide bonds. The van der Waals surface area contributed by atoms with Gasteiger partial charge in [-0.05, 0) is 12.5 Å². The maximum Gasteiger partial charge on any atom is 0.317 e. The van der Waals surface area contributed by atoms with Crippen molar-refractivity contribution in [3.8, 4) is 0 Å². The number of morpholine rings is 1. The number of benzene rings is 1. The molecule has 2 aliphatic rings. The van der Waals surface area contributed by atoms with E-state index in [0.29, 0.717) is 39.3 Å². The molecule has 0 spiro atoms. The summed E-state index contributed by atoms with van der Waals surface area (Å²) < 4.78 is 5.25. The summed E-state index contributed by atoms with van der Waals surface area (Å²) in [6.07, 6.45) is 0.368. The van der Waals surface area contributed by atoms with E-state index >= 15 is 0 Å². The molecule has 2 saturated heterocycles. The summed E-state index contributed by atoms with van der Waals surface area (Å²) in [7, 11) is 0. The van der Waals surface area contributed by atoms with Gasteiger partial charge in [0.05, 0.1) is 25.3 Å². The molecule has 6 nitrogen and oxygen atoms in total. The first kappa shape index (κ1) is 15.8. The third-order valence-corrected chi connectivity index (χ3v) is 4.53. The summed E-state index contributed by atoms with van der Waals surface area (Å²) in [6.45, 7) is 4.96. The Bertz CT molecular complexity index is 557. The molecule has 0 saturated carbocycles. The summed E-state index contributed by atoms with van der Waals surface area (Å²) in [5, 5.41) is 2.98. The maximum atomic E-state index is 12.3. The molecule has 1 N–H and O–H groups in total. The predicted octanol–water partition coefficient (Wildman–Crippen LogP) is 1.39. The first-order valence-electron chi connectivity index (χ1n) is 8.13. The van der Waals surface area contributed by atoms with Gasteiger partial charge in [0, 0.05) is 26.1 Å². The number of rotatable bonds is 3. The number of carbonyl (C=O) groups excluding carboxylic acids is 2. The van der Waals surface area contributed by atoms with Crippen molar-refractivity contribution in [1.82, 2.24) is 15.1 Å². The number of urea groups is 1. The fourth-order valence-corrected chi connectivity index (χ4v) is 3.15. The van der Waals surface area contributed by atoms with E-state index in [0.717, 1.165) is 5.56 Å². The SMILES string of the molecule is CC(c1ccccc1)N1CC(NC(=O)N2CCOCC2)CC1=O. The van der Waals surface area contributed by atoms with E-state index in [4.69, 9.17) is 4.74 Å². The Balaban J connectivity index is 1.58. The largest absolute Gasteiger partial charge is 0.378 e. The van der Waals surface area contributed by atoms with Gasteiger partial charge in [0.25, 0.3) is 0 Å². The van der Waals surface area contributed by atoms with Crippen LogP contribution in [0.25, 0.3) is 0 Å². The molecule has 6 heteroatoms. The van der Waals surface area contributed by atoms with Crippen molar-refractivity contribution in [2.24, 2.45) is 0 Å². The average Bonchev–Trinajstić information content (AvgIpc) is 2.96. The van der Waals surface area contributed by atoms with Crippen molar-refractivity contribution in [2.45, 2.75) is 25.4 Å². The lowest BCUT2D eigenvalue weighted by Crippen LogP contribution is -2.49. The Labute approximate surface area is 136 Å². The Morgan fingerprint density at radius 3 is 2.65 bits per heavy atom. The van der Waals surface area contributed by atoms with Gasteiger partial charge in [0.1, 0.15) is 0 Å². The zero-order valence-corrected chi connectivity index (χ0v) is 13.4. The zero-order valence-electron chi connectivity index (χ0n) is 13.4. The molecule has 2 heterocycles. The van der Waals surface area contributed by atoms with Crippen LogP contribution in [-0.4, -0.2) is 60.6 Å². The van der Waals surface area contributed by atoms with Crippen LogP contribution in [0.4, 0.5) is 4.79 Å². The molecule has 1 aromatic rings. The second kappa shape index (κ2) is 7.00. The van der Waals surface area contributed by atoms with Gasteiger partial charge in [-0.1, -0.05) is 30.3 Å². The van der Waals surface area contributed by atoms with Crippen LogP contribution in [0.5, 0.6) is 0 Å². The number of nitrogens with zero attached hydrogens (tertiary/aromatic N) is 2. The van der Waals surface area contributed by atoms with Crippen molar-refractivity contribution < 1.29 is 14.3 Å². The number of likely N-dealkylation sites (tertiary alicyclic amines) is 1. The van der Waals surface area contributed by atoms with Crippen LogP contribution in [0.1, 0.15) is 24.9 Å². The zero-order chi connectivity index (χ0) is 16.2. The van der Waals surface area contributed by atoms with E-state index in [1.54, 1.807) is 4.90 Å². The van der Waals surface area contributed by atoms with Gasteiger partial charge >= 0.3 is 6.03 Å². The monoisotopic (exact) mass is 317 g/mol. The van der Waals surface area contributed by atoms with Crippen molar-refractivity contribution >= 4 is 11.9 Å². The standard InChI is InChI=1S/C17H23N3O3/c1-13(14-5-3-2-4-6-14)20-12-15(11-16(20)21)18-17(22)19-7-9-23-10-8-19/h2-6,13,15H,7-12H2,1H3,(H,18,22). The van der Waals surface area contributed by atoms with E-state index in [1.807, 2.05) is 42.2 Å². The smallest absolute Gasteiger partial charge is 0.317 e. The van der Waals surface area contributed by atoms with Crippen molar-refractivity contribution in [1.29, 1.82) is 0 Å². The van der Waals surface area contributed by atoms with Crippen LogP contribution < -0.4 is 5.32 Å². The molecule has 2 atom stereocenters. The highest BCUT2D eigenvalue weighted by molar-refractivity contribution is 5.82. The summed E-state index contributed by atoms with van der Waals surface area (Å²) in [4.78, 5) is 28.1. The minimum absolute atomic E-state index is 0.0222. The molecule has 0 bridgehead atoms. The summed E-state index contributed by atoms with van der Waals surface area (Å²) in [5.74, 6) is 0.0913. The Morgan fingerprint density at radius 2 is 1.96 bits per heavy atom. The normalized spacial score (nSPS) is 23.0. The molecule has 2 aliphatic heterocycles. The molecule has 23 heavy (non-hydrogen) atoms. The third-order valence-electron chi connectivity index (χ3n) is 4.53. The minimum atomic E-state index is -0.121. The van der Waals surface area contributed by atoms with E-state index in [2.05, 4.69) is 5.32 Å². The summed E-state index contributed by atoms with van der Waals surface area (Å²) in [6, 6.07) is 9.77. The van der Waals surface area contributed by atoms with Crippen LogP contribution in [-0.2, 0) is 9.53 Å². The van der Waals surface area contributed by atoms with Gasteiger partial charge < -0.3 is 19.9 Å². The van der Waals surface area contributed by atoms with E-state index in [9.17, 15) is 9.59 Å². The second-order valence-corrected chi connectivity index (χ2v) is 6.08. The second-order valence-electron chi connectivity index (χ2n) is 6.08. The Morgan fingerprint density at radius 1 is 1.26 bits per heavy atom. The summed E-state index contributed by atoms with van der Waals surface area (Å²) >= 11 is 0. The number of ether oxygens (including phenoxy) is 1. The number of hydrogen-bond donors (Lipinski definition) is 1. The van der Waals surface area contributed by atoms with Crippen LogP contribution in [0.3, 0.4) is 0 Å². The highest BCUT2D eigenvalue weighted by Crippen LogP contribution is 2.25. The quantitative estimate of drug-likeness (QED) is 0.916. The van der Waals surface area contributed by atoms with E-state index < -0.39 is 0 Å². The van der Waals surface area contributed by atoms with Crippen LogP contribution in [0, 0.1) is 0 Å². The molecular formula is C17H23N3O3. The van der Waals surface area contributed by atoms with Crippen LogP contribution in [0.15, 0.2) is 30.3 Å². The predicted molar refractivity (Wildman–Crippen MR) is 85.9 cm³/mol. The first-order valence-corrected chi connectivity index (χ1v) is 8.13. The molecule has 1 aromatic carbocycles. The van der Waals surface area contributed by atoms with Crippen molar-refractivity contribution in [3.05, 3.63) is 35.9 Å². The highest BCUT2D eigenvalue weighted by atomic mass is 16.5. The van der Waals surface area contributed by atoms with E-state index in [1.165, 1.54) is 0 Å². The number of amides is 3. The molecule has 124 valence electrons. The highest BCUT2D eigenvalue weighted by Gasteiger charge is 2.34. The topological polar surface area (TPSA) is 61.9 Å². The molecular weight excluding hydrogens is 294 g/mol. The number of nitrogens with one attached hydrogen (secondary N) is 1. The van der Waals surface area contributed by atoms with Gasteiger partial charge in [0.15, 0.2) is 0 Å². The first-order chi connectivity index (χ1) is 11.1. The number of hydrogen-bond acceptors (Lipinski definition) is 3. The van der Waals surface area contributed by atoms with Gasteiger partial charge in [-0.25, -0.2) is 4.79 Å². The Kier molecular flexibility index (Phi) is 4.81. The van der Waals surface area contributed by atoms with Gasteiger partial charge in [-0.2, -0.15) is 0 Å². The lowest BCUT2D eigenvalue weighted by atomic mass is 10.1. The van der Waals surface area contributed by atoms with Crippen LogP contribution >= 0.6 is 0 Å². The third kappa shape index (κ3) is 3.64. The fourth-order valence-electron chi connectivity index (χ4n) is 3.15. The van der Waals surface area contributed by atoms with Gasteiger partial charge in [-0.15, -0.1) is 0 Å². The van der Waals surface area contributed by atoms with Gasteiger partial charge in [0.2, 0.25) is 5.91 Å². The lowest BCUT2D eigenvalue weighted by Gasteiger charge is -2.29. The van der Waals surface area contributed by atoms with Gasteiger partial charge in [-0.3, -0.25) is 4.79 Å². The molecule has 2 fully saturated rings. The summed E-state index contributed by atoms with van der Waals surface area (Å²) in [5.41, 5.74) is 1.11. The Hall–Kier alpha value is -2.08. The number of carbonyl (C=O) groups is 2. The molecule has 0 aromatic heterocycles. The van der Waals surface area contributed by atoms with E-state index in [-0.39, 0.29) is 24.0 Å². The van der Waals surface area contributed by atoms with Crippen LogP contribution in [0.2, 0.25) is 0 Å². The van der Waals surface area contributed by atoms with Crippen molar-refractivity contribution in [3.63, 3.8) is 0 Å². The fraction of sp³-hybridized carbons (Fsp3) is 0.529. The molecule has 2 unspecified atom stereocenters.